The van der Waals surface area contributed by atoms with Crippen molar-refractivity contribution in [1.82, 2.24) is 10.2 Å². The number of aromatic amines is 1. The average Bonchev–Trinajstić information content (AvgIpc) is 3.30. The first-order valence-electron chi connectivity index (χ1n) is 9.02. The number of ether oxygens (including phenoxy) is 1. The zero-order valence-corrected chi connectivity index (χ0v) is 14.5. The summed E-state index contributed by atoms with van der Waals surface area (Å²) in [5, 5.41) is 10.0. The summed E-state index contributed by atoms with van der Waals surface area (Å²) in [5.74, 6) is 0.516. The minimum absolute atomic E-state index is 0.108. The Morgan fingerprint density at radius 1 is 1.27 bits per heavy atom. The molecule has 1 saturated carbocycles. The number of rotatable bonds is 4. The number of nitrogens with one attached hydrogen (secondary N) is 2. The molecule has 7 nitrogen and oxygen atoms in total. The number of primary amides is 1. The SMILES string of the molecule is NC(=O)C1CCCC(C(=O)Nc2cc(-c3cccc4c3OCC4)[nH]n2)C1. The van der Waals surface area contributed by atoms with Crippen LogP contribution in [0.5, 0.6) is 5.75 Å². The molecule has 7 heteroatoms. The van der Waals surface area contributed by atoms with Gasteiger partial charge in [-0.05, 0) is 30.9 Å². The predicted octanol–water partition coefficient (Wildman–Crippen LogP) is 2.24. The fraction of sp³-hybridized carbons (Fsp3) is 0.421. The van der Waals surface area contributed by atoms with Crippen LogP contribution in [0.4, 0.5) is 5.82 Å². The molecular formula is C19H22N4O3. The van der Waals surface area contributed by atoms with Crippen molar-refractivity contribution < 1.29 is 14.3 Å². The van der Waals surface area contributed by atoms with Gasteiger partial charge in [0.2, 0.25) is 11.8 Å². The minimum Gasteiger partial charge on any atom is -0.492 e. The first-order chi connectivity index (χ1) is 12.6. The second-order valence-corrected chi connectivity index (χ2v) is 7.01. The van der Waals surface area contributed by atoms with Gasteiger partial charge in [-0.25, -0.2) is 0 Å². The molecule has 0 radical (unpaired) electrons. The predicted molar refractivity (Wildman–Crippen MR) is 96.5 cm³/mol. The van der Waals surface area contributed by atoms with E-state index in [2.05, 4.69) is 21.6 Å². The molecule has 4 rings (SSSR count). The van der Waals surface area contributed by atoms with Crippen molar-refractivity contribution in [2.45, 2.75) is 32.1 Å². The fourth-order valence-electron chi connectivity index (χ4n) is 3.87. The molecule has 136 valence electrons. The van der Waals surface area contributed by atoms with E-state index in [0.29, 0.717) is 18.8 Å². The number of aromatic nitrogens is 2. The van der Waals surface area contributed by atoms with Gasteiger partial charge in [-0.2, -0.15) is 5.10 Å². The van der Waals surface area contributed by atoms with Crippen LogP contribution in [0.3, 0.4) is 0 Å². The molecule has 2 atom stereocenters. The van der Waals surface area contributed by atoms with Crippen LogP contribution < -0.4 is 15.8 Å². The van der Waals surface area contributed by atoms with Crippen molar-refractivity contribution in [1.29, 1.82) is 0 Å². The highest BCUT2D eigenvalue weighted by Crippen LogP contribution is 2.36. The summed E-state index contributed by atoms with van der Waals surface area (Å²) in [6.07, 6.45) is 3.80. The largest absolute Gasteiger partial charge is 0.492 e. The van der Waals surface area contributed by atoms with Crippen LogP contribution in [0.25, 0.3) is 11.3 Å². The Hall–Kier alpha value is -2.83. The van der Waals surface area contributed by atoms with Gasteiger partial charge < -0.3 is 15.8 Å². The van der Waals surface area contributed by atoms with Gasteiger partial charge in [0.1, 0.15) is 5.75 Å². The van der Waals surface area contributed by atoms with E-state index in [9.17, 15) is 9.59 Å². The first-order valence-corrected chi connectivity index (χ1v) is 9.02. The highest BCUT2D eigenvalue weighted by molar-refractivity contribution is 5.93. The van der Waals surface area contributed by atoms with Gasteiger partial charge in [0.05, 0.1) is 12.3 Å². The standard InChI is InChI=1S/C19H22N4O3/c20-18(24)12-4-1-5-13(9-12)19(25)21-16-10-15(22-23-16)14-6-2-3-11-7-8-26-17(11)14/h2-3,6,10,12-13H,1,4-5,7-9H2,(H2,20,24)(H2,21,22,23,25). The van der Waals surface area contributed by atoms with Crippen molar-refractivity contribution in [3.05, 3.63) is 29.8 Å². The zero-order chi connectivity index (χ0) is 18.1. The maximum atomic E-state index is 12.5. The van der Waals surface area contributed by atoms with E-state index in [1.165, 1.54) is 5.56 Å². The van der Waals surface area contributed by atoms with E-state index >= 15 is 0 Å². The third-order valence-electron chi connectivity index (χ3n) is 5.28. The maximum Gasteiger partial charge on any atom is 0.228 e. The lowest BCUT2D eigenvalue weighted by Crippen LogP contribution is -2.33. The van der Waals surface area contributed by atoms with Crippen LogP contribution in [0.2, 0.25) is 0 Å². The van der Waals surface area contributed by atoms with Crippen molar-refractivity contribution >= 4 is 17.6 Å². The van der Waals surface area contributed by atoms with Crippen LogP contribution in [0, 0.1) is 11.8 Å². The summed E-state index contributed by atoms with van der Waals surface area (Å²) in [7, 11) is 0. The molecule has 1 aromatic carbocycles. The molecule has 1 aromatic heterocycles. The number of H-pyrrole nitrogens is 1. The number of para-hydroxylation sites is 1. The fourth-order valence-corrected chi connectivity index (χ4v) is 3.87. The summed E-state index contributed by atoms with van der Waals surface area (Å²) in [6, 6.07) is 7.84. The second kappa shape index (κ2) is 6.82. The van der Waals surface area contributed by atoms with E-state index in [4.69, 9.17) is 10.5 Å². The number of hydrogen-bond donors (Lipinski definition) is 3. The number of amides is 2. The Labute approximate surface area is 151 Å². The quantitative estimate of drug-likeness (QED) is 0.782. The van der Waals surface area contributed by atoms with Gasteiger partial charge >= 0.3 is 0 Å². The number of hydrogen-bond acceptors (Lipinski definition) is 4. The van der Waals surface area contributed by atoms with Crippen LogP contribution in [0.1, 0.15) is 31.2 Å². The lowest BCUT2D eigenvalue weighted by atomic mass is 9.80. The number of carbonyl (C=O) groups is 2. The van der Waals surface area contributed by atoms with Crippen LogP contribution >= 0.6 is 0 Å². The molecule has 1 aliphatic heterocycles. The highest BCUT2D eigenvalue weighted by atomic mass is 16.5. The van der Waals surface area contributed by atoms with Crippen molar-refractivity contribution in [2.24, 2.45) is 17.6 Å². The number of anilines is 1. The molecule has 0 saturated heterocycles. The summed E-state index contributed by atoms with van der Waals surface area (Å²) < 4.78 is 5.72. The molecule has 0 spiro atoms. The molecule has 2 aromatic rings. The number of nitrogens with two attached hydrogens (primary N) is 1. The molecule has 2 aliphatic rings. The molecule has 4 N–H and O–H groups in total. The zero-order valence-electron chi connectivity index (χ0n) is 14.5. The molecule has 2 unspecified atom stereocenters. The van der Waals surface area contributed by atoms with Crippen LogP contribution in [0.15, 0.2) is 24.3 Å². The van der Waals surface area contributed by atoms with E-state index < -0.39 is 0 Å². The maximum absolute atomic E-state index is 12.5. The van der Waals surface area contributed by atoms with Crippen molar-refractivity contribution in [3.8, 4) is 17.0 Å². The smallest absolute Gasteiger partial charge is 0.228 e. The van der Waals surface area contributed by atoms with Gasteiger partial charge in [-0.15, -0.1) is 0 Å². The molecule has 26 heavy (non-hydrogen) atoms. The summed E-state index contributed by atoms with van der Waals surface area (Å²) in [6.45, 7) is 0.687. The van der Waals surface area contributed by atoms with Crippen LogP contribution in [-0.2, 0) is 16.0 Å². The molecule has 1 aliphatic carbocycles. The molecule has 0 bridgehead atoms. The number of nitrogens with zero attached hydrogens (tertiary/aromatic N) is 1. The number of fused-ring (bicyclic) bond motifs is 1. The van der Waals surface area contributed by atoms with Gasteiger partial charge in [-0.3, -0.25) is 14.7 Å². The summed E-state index contributed by atoms with van der Waals surface area (Å²) in [4.78, 5) is 23.9. The van der Waals surface area contributed by atoms with Gasteiger partial charge in [-0.1, -0.05) is 18.6 Å². The van der Waals surface area contributed by atoms with Crippen molar-refractivity contribution in [3.63, 3.8) is 0 Å². The highest BCUT2D eigenvalue weighted by Gasteiger charge is 2.30. The summed E-state index contributed by atoms with van der Waals surface area (Å²) >= 11 is 0. The monoisotopic (exact) mass is 354 g/mol. The average molecular weight is 354 g/mol. The summed E-state index contributed by atoms with van der Waals surface area (Å²) in [5.41, 5.74) is 8.32. The third kappa shape index (κ3) is 3.16. The lowest BCUT2D eigenvalue weighted by Gasteiger charge is -2.25. The Bertz CT molecular complexity index is 845. The minimum atomic E-state index is -0.317. The Kier molecular flexibility index (Phi) is 4.36. The van der Waals surface area contributed by atoms with Gasteiger partial charge in [0.15, 0.2) is 5.82 Å². The molecule has 2 heterocycles. The van der Waals surface area contributed by atoms with Crippen molar-refractivity contribution in [2.75, 3.05) is 11.9 Å². The van der Waals surface area contributed by atoms with Gasteiger partial charge in [0, 0.05) is 29.9 Å². The molecular weight excluding hydrogens is 332 g/mol. The topological polar surface area (TPSA) is 110 Å². The Morgan fingerprint density at radius 2 is 2.12 bits per heavy atom. The van der Waals surface area contributed by atoms with Gasteiger partial charge in [0.25, 0.3) is 0 Å². The van der Waals surface area contributed by atoms with Crippen LogP contribution in [-0.4, -0.2) is 28.6 Å². The number of carbonyl (C=O) groups excluding carboxylic acids is 2. The Morgan fingerprint density at radius 3 is 2.96 bits per heavy atom. The lowest BCUT2D eigenvalue weighted by molar-refractivity contribution is -0.125. The molecule has 1 fully saturated rings. The normalized spacial score (nSPS) is 21.7. The first kappa shape index (κ1) is 16.6. The van der Waals surface area contributed by atoms with E-state index in [-0.39, 0.29) is 23.7 Å². The van der Waals surface area contributed by atoms with E-state index in [1.807, 2.05) is 18.2 Å². The van der Waals surface area contributed by atoms with E-state index in [1.54, 1.807) is 0 Å². The van der Waals surface area contributed by atoms with E-state index in [0.717, 1.165) is 42.7 Å². The second-order valence-electron chi connectivity index (χ2n) is 7.01. The third-order valence-corrected chi connectivity index (χ3v) is 5.28. The number of benzene rings is 1. The molecule has 2 amide bonds. The Balaban J connectivity index is 1.46.